The second-order valence-corrected chi connectivity index (χ2v) is 6.13. The van der Waals surface area contributed by atoms with E-state index in [1.165, 1.54) is 19.3 Å². The van der Waals surface area contributed by atoms with E-state index in [1.54, 1.807) is 6.20 Å². The van der Waals surface area contributed by atoms with E-state index in [9.17, 15) is 0 Å². The summed E-state index contributed by atoms with van der Waals surface area (Å²) in [5.74, 6) is 7.20. The van der Waals surface area contributed by atoms with Gasteiger partial charge in [0.15, 0.2) is 0 Å². The number of nitrogens with zero attached hydrogens (tertiary/aromatic N) is 2. The zero-order chi connectivity index (χ0) is 17.3. The molecule has 1 aromatic heterocycles. The minimum atomic E-state index is 0.821. The minimum Gasteiger partial charge on any atom is -0.337 e. The van der Waals surface area contributed by atoms with Gasteiger partial charge in [-0.2, -0.15) is 0 Å². The van der Waals surface area contributed by atoms with Gasteiger partial charge in [-0.1, -0.05) is 24.5 Å². The molecule has 4 heteroatoms. The third-order valence-electron chi connectivity index (χ3n) is 4.02. The normalized spacial score (nSPS) is 14.1. The summed E-state index contributed by atoms with van der Waals surface area (Å²) < 4.78 is 0. The number of benzene rings is 1. The molecule has 128 valence electrons. The van der Waals surface area contributed by atoms with Crippen molar-refractivity contribution < 1.29 is 0 Å². The summed E-state index contributed by atoms with van der Waals surface area (Å²) >= 11 is 0. The van der Waals surface area contributed by atoms with E-state index in [0.29, 0.717) is 0 Å². The molecule has 3 rings (SSSR count). The number of nitrogens with one attached hydrogen (secondary N) is 2. The lowest BCUT2D eigenvalue weighted by Crippen LogP contribution is -2.34. The number of H-pyrrole nitrogens is 1. The van der Waals surface area contributed by atoms with Crippen LogP contribution in [0.4, 0.5) is 5.69 Å². The van der Waals surface area contributed by atoms with E-state index in [1.807, 2.05) is 43.3 Å². The largest absolute Gasteiger partial charge is 0.337 e. The zero-order valence-corrected chi connectivity index (χ0v) is 14.6. The first-order valence-electron chi connectivity index (χ1n) is 8.78. The van der Waals surface area contributed by atoms with Crippen LogP contribution in [0, 0.1) is 18.8 Å². The van der Waals surface area contributed by atoms with Gasteiger partial charge in [0.1, 0.15) is 5.82 Å². The summed E-state index contributed by atoms with van der Waals surface area (Å²) in [7, 11) is 0. The number of rotatable bonds is 2. The molecule has 0 unspecified atom stereocenters. The lowest BCUT2D eigenvalue weighted by atomic mass is 10.1. The molecule has 0 radical (unpaired) electrons. The molecule has 2 heterocycles. The van der Waals surface area contributed by atoms with E-state index < -0.39 is 0 Å². The Kier molecular flexibility index (Phi) is 6.08. The van der Waals surface area contributed by atoms with Crippen molar-refractivity contribution in [2.24, 2.45) is 0 Å². The Morgan fingerprint density at radius 2 is 1.76 bits per heavy atom. The third kappa shape index (κ3) is 5.66. The van der Waals surface area contributed by atoms with E-state index in [-0.39, 0.29) is 0 Å². The number of aromatic amines is 1. The molecule has 1 aliphatic rings. The van der Waals surface area contributed by atoms with Crippen LogP contribution >= 0.6 is 0 Å². The lowest BCUT2D eigenvalue weighted by Gasteiger charge is -2.27. The van der Waals surface area contributed by atoms with Crippen LogP contribution in [0.15, 0.2) is 54.7 Å². The lowest BCUT2D eigenvalue weighted by molar-refractivity contribution is 0.273. The van der Waals surface area contributed by atoms with E-state index in [2.05, 4.69) is 44.4 Å². The SMILES string of the molecule is Cc1ncccccc(C#Cc2ccc(NN3CCCCC3)cc2)[nH]1. The Morgan fingerprint density at radius 1 is 0.960 bits per heavy atom. The summed E-state index contributed by atoms with van der Waals surface area (Å²) in [5.41, 5.74) is 6.41. The number of piperidine rings is 1. The van der Waals surface area contributed by atoms with Crippen LogP contribution in [0.25, 0.3) is 0 Å². The van der Waals surface area contributed by atoms with Crippen LogP contribution in [0.3, 0.4) is 0 Å². The Morgan fingerprint density at radius 3 is 2.56 bits per heavy atom. The highest BCUT2D eigenvalue weighted by Crippen LogP contribution is 2.13. The Balaban J connectivity index is 1.71. The van der Waals surface area contributed by atoms with Crippen LogP contribution < -0.4 is 5.43 Å². The van der Waals surface area contributed by atoms with Gasteiger partial charge in [0.2, 0.25) is 0 Å². The molecule has 0 amide bonds. The highest BCUT2D eigenvalue weighted by molar-refractivity contribution is 5.49. The fourth-order valence-electron chi connectivity index (χ4n) is 2.72. The summed E-state index contributed by atoms with van der Waals surface area (Å²) in [5, 5.41) is 2.29. The van der Waals surface area contributed by atoms with Gasteiger partial charge in [-0.15, -0.1) is 0 Å². The number of hydrogen-bond donors (Lipinski definition) is 2. The molecule has 1 fully saturated rings. The van der Waals surface area contributed by atoms with Crippen LogP contribution in [0.1, 0.15) is 36.3 Å². The predicted molar refractivity (Wildman–Crippen MR) is 102 cm³/mol. The second-order valence-electron chi connectivity index (χ2n) is 6.13. The smallest absolute Gasteiger partial charge is 0.103 e. The van der Waals surface area contributed by atoms with Gasteiger partial charge in [-0.25, -0.2) is 9.99 Å². The topological polar surface area (TPSA) is 44.0 Å². The van der Waals surface area contributed by atoms with E-state index in [4.69, 9.17) is 0 Å². The van der Waals surface area contributed by atoms with Crippen molar-refractivity contribution in [2.45, 2.75) is 26.2 Å². The van der Waals surface area contributed by atoms with Crippen molar-refractivity contribution >= 4 is 5.69 Å². The van der Waals surface area contributed by atoms with Gasteiger partial charge in [-0.3, -0.25) is 0 Å². The predicted octanol–water partition coefficient (Wildman–Crippen LogP) is 4.06. The second kappa shape index (κ2) is 8.91. The third-order valence-corrected chi connectivity index (χ3v) is 4.02. The van der Waals surface area contributed by atoms with Crippen molar-refractivity contribution in [3.05, 3.63) is 71.8 Å². The number of hydrazine groups is 1. The Labute approximate surface area is 149 Å². The van der Waals surface area contributed by atoms with Crippen LogP contribution in [0.2, 0.25) is 0 Å². The van der Waals surface area contributed by atoms with Crippen molar-refractivity contribution in [1.29, 1.82) is 0 Å². The van der Waals surface area contributed by atoms with E-state index in [0.717, 1.165) is 35.9 Å². The highest BCUT2D eigenvalue weighted by atomic mass is 15.5. The van der Waals surface area contributed by atoms with Crippen molar-refractivity contribution in [3.63, 3.8) is 0 Å². The van der Waals surface area contributed by atoms with Gasteiger partial charge in [0, 0.05) is 30.5 Å². The van der Waals surface area contributed by atoms with Gasteiger partial charge in [0.25, 0.3) is 0 Å². The highest BCUT2D eigenvalue weighted by Gasteiger charge is 2.09. The minimum absolute atomic E-state index is 0.821. The van der Waals surface area contributed by atoms with Crippen molar-refractivity contribution in [1.82, 2.24) is 15.0 Å². The molecule has 1 aromatic carbocycles. The summed E-state index contributed by atoms with van der Waals surface area (Å²) in [6.07, 6.45) is 5.64. The van der Waals surface area contributed by atoms with Crippen LogP contribution in [-0.4, -0.2) is 28.1 Å². The molecular formula is C21H24N4. The number of aromatic nitrogens is 2. The molecule has 2 N–H and O–H groups in total. The average molecular weight is 332 g/mol. The molecule has 1 aliphatic heterocycles. The van der Waals surface area contributed by atoms with Crippen LogP contribution in [0.5, 0.6) is 0 Å². The first-order valence-corrected chi connectivity index (χ1v) is 8.78. The summed E-state index contributed by atoms with van der Waals surface area (Å²) in [6.45, 7) is 4.15. The maximum atomic E-state index is 4.27. The summed E-state index contributed by atoms with van der Waals surface area (Å²) in [6, 6.07) is 16.0. The fraction of sp³-hybridized carbons (Fsp3) is 0.286. The average Bonchev–Trinajstić information content (AvgIpc) is 2.74. The van der Waals surface area contributed by atoms with Gasteiger partial charge < -0.3 is 10.4 Å². The standard InChI is InChI=1S/C21H24N4/c1-18-22-15-5-2-4-8-20(23-18)12-9-19-10-13-21(14-11-19)24-25-16-6-3-7-17-25/h2,4-5,8,10-11,13-15,24H,3,6-7,16-17H2,1H3,(H,22,23). The fourth-order valence-corrected chi connectivity index (χ4v) is 2.72. The van der Waals surface area contributed by atoms with Gasteiger partial charge in [0.05, 0.1) is 5.69 Å². The molecule has 2 aromatic rings. The number of hydrogen-bond acceptors (Lipinski definition) is 3. The van der Waals surface area contributed by atoms with E-state index >= 15 is 0 Å². The molecule has 25 heavy (non-hydrogen) atoms. The first-order chi connectivity index (χ1) is 12.3. The first kappa shape index (κ1) is 17.1. The summed E-state index contributed by atoms with van der Waals surface area (Å²) in [4.78, 5) is 7.48. The van der Waals surface area contributed by atoms with Crippen molar-refractivity contribution in [2.75, 3.05) is 18.5 Å². The quantitative estimate of drug-likeness (QED) is 0.815. The molecule has 0 spiro atoms. The van der Waals surface area contributed by atoms with Crippen molar-refractivity contribution in [3.8, 4) is 11.8 Å². The molecule has 0 saturated carbocycles. The Hall–Kier alpha value is -2.77. The molecule has 0 bridgehead atoms. The molecule has 1 saturated heterocycles. The zero-order valence-electron chi connectivity index (χ0n) is 14.6. The number of anilines is 1. The van der Waals surface area contributed by atoms with Crippen LogP contribution in [-0.2, 0) is 0 Å². The molecule has 0 atom stereocenters. The van der Waals surface area contributed by atoms with Gasteiger partial charge in [-0.05, 0) is 62.1 Å². The molecule has 0 aliphatic carbocycles. The molecular weight excluding hydrogens is 308 g/mol. The molecule has 4 nitrogen and oxygen atoms in total. The maximum absolute atomic E-state index is 4.27. The van der Waals surface area contributed by atoms with Gasteiger partial charge >= 0.3 is 0 Å². The maximum Gasteiger partial charge on any atom is 0.103 e. The Bertz CT molecular complexity index is 788. The monoisotopic (exact) mass is 332 g/mol. The number of aryl methyl sites for hydroxylation is 1.